The van der Waals surface area contributed by atoms with Crippen LogP contribution >= 0.6 is 39.0 Å². The predicted octanol–water partition coefficient (Wildman–Crippen LogP) is 4.41. The van der Waals surface area contributed by atoms with Gasteiger partial charge in [-0.25, -0.2) is 4.98 Å². The van der Waals surface area contributed by atoms with Gasteiger partial charge in [0.15, 0.2) is 5.13 Å². The predicted molar refractivity (Wildman–Crippen MR) is 117 cm³/mol. The van der Waals surface area contributed by atoms with Gasteiger partial charge in [0.05, 0.1) is 32.6 Å². The number of rotatable bonds is 6. The zero-order valence-electron chi connectivity index (χ0n) is 15.2. The van der Waals surface area contributed by atoms with Crippen molar-refractivity contribution in [3.63, 3.8) is 0 Å². The van der Waals surface area contributed by atoms with Crippen molar-refractivity contribution in [3.05, 3.63) is 57.8 Å². The molecule has 0 aliphatic carbocycles. The number of nitrogens with one attached hydrogen (secondary N) is 1. The highest BCUT2D eigenvalue weighted by atomic mass is 79.9. The number of nitrogens with two attached hydrogens (primary N) is 1. The fourth-order valence-electron chi connectivity index (χ4n) is 2.48. The van der Waals surface area contributed by atoms with E-state index in [2.05, 4.69) is 31.2 Å². The first-order valence-electron chi connectivity index (χ1n) is 8.27. The van der Waals surface area contributed by atoms with E-state index >= 15 is 0 Å². The van der Waals surface area contributed by atoms with Gasteiger partial charge < -0.3 is 5.73 Å². The Morgan fingerprint density at radius 2 is 1.96 bits per heavy atom. The SMILES string of the molecule is Cc1nc(-c2cccc(Br)c2)ccc1C(=O)Nc1nc(C)c(SCC(N)=O)s1. The molecule has 3 aromatic rings. The van der Waals surface area contributed by atoms with Gasteiger partial charge in [0.25, 0.3) is 5.91 Å². The summed E-state index contributed by atoms with van der Waals surface area (Å²) >= 11 is 6.09. The summed E-state index contributed by atoms with van der Waals surface area (Å²) < 4.78 is 1.82. The number of aromatic nitrogens is 2. The molecule has 0 unspecified atom stereocenters. The number of aryl methyl sites for hydroxylation is 2. The van der Waals surface area contributed by atoms with Crippen LogP contribution in [0.4, 0.5) is 5.13 Å². The molecule has 0 aliphatic heterocycles. The number of hydrogen-bond acceptors (Lipinski definition) is 6. The van der Waals surface area contributed by atoms with Gasteiger partial charge in [0.1, 0.15) is 0 Å². The van der Waals surface area contributed by atoms with Gasteiger partial charge >= 0.3 is 0 Å². The van der Waals surface area contributed by atoms with Crippen LogP contribution in [-0.2, 0) is 4.79 Å². The number of benzene rings is 1. The Bertz CT molecular complexity index is 1050. The molecule has 9 heteroatoms. The Morgan fingerprint density at radius 1 is 1.18 bits per heavy atom. The Morgan fingerprint density at radius 3 is 2.64 bits per heavy atom. The molecule has 0 saturated heterocycles. The molecule has 28 heavy (non-hydrogen) atoms. The zero-order chi connectivity index (χ0) is 20.3. The molecule has 0 saturated carbocycles. The molecular weight excluding hydrogens is 460 g/mol. The maximum Gasteiger partial charge on any atom is 0.259 e. The van der Waals surface area contributed by atoms with Crippen molar-refractivity contribution in [1.82, 2.24) is 9.97 Å². The van der Waals surface area contributed by atoms with Gasteiger partial charge in [-0.15, -0.1) is 11.8 Å². The number of amides is 2. The largest absolute Gasteiger partial charge is 0.369 e. The Labute approximate surface area is 179 Å². The van der Waals surface area contributed by atoms with Crippen molar-refractivity contribution in [3.8, 4) is 11.3 Å². The summed E-state index contributed by atoms with van der Waals surface area (Å²) in [6.45, 7) is 3.63. The summed E-state index contributed by atoms with van der Waals surface area (Å²) in [6, 6.07) is 11.4. The van der Waals surface area contributed by atoms with Crippen LogP contribution in [0.2, 0.25) is 0 Å². The van der Waals surface area contributed by atoms with E-state index < -0.39 is 5.91 Å². The van der Waals surface area contributed by atoms with Gasteiger partial charge in [-0.2, -0.15) is 0 Å². The van der Waals surface area contributed by atoms with E-state index in [1.165, 1.54) is 23.1 Å². The summed E-state index contributed by atoms with van der Waals surface area (Å²) in [5, 5.41) is 3.28. The first-order chi connectivity index (χ1) is 13.3. The fourth-order valence-corrected chi connectivity index (χ4v) is 4.75. The topological polar surface area (TPSA) is 98.0 Å². The van der Waals surface area contributed by atoms with E-state index in [0.717, 1.165) is 25.6 Å². The summed E-state index contributed by atoms with van der Waals surface area (Å²) in [7, 11) is 0. The van der Waals surface area contributed by atoms with Crippen molar-refractivity contribution in [2.24, 2.45) is 5.73 Å². The average molecular weight is 477 g/mol. The van der Waals surface area contributed by atoms with E-state index in [1.54, 1.807) is 13.0 Å². The molecule has 0 atom stereocenters. The number of primary amides is 1. The van der Waals surface area contributed by atoms with E-state index in [1.807, 2.05) is 37.3 Å². The third kappa shape index (κ3) is 4.98. The minimum absolute atomic E-state index is 0.177. The zero-order valence-corrected chi connectivity index (χ0v) is 18.4. The number of hydrogen-bond donors (Lipinski definition) is 2. The van der Waals surface area contributed by atoms with Crippen LogP contribution in [0.1, 0.15) is 21.7 Å². The molecule has 0 radical (unpaired) electrons. The number of anilines is 1. The van der Waals surface area contributed by atoms with Gasteiger partial charge in [-0.1, -0.05) is 39.4 Å². The second kappa shape index (κ2) is 8.85. The molecule has 0 spiro atoms. The lowest BCUT2D eigenvalue weighted by Gasteiger charge is -2.08. The standard InChI is InChI=1S/C19H17BrN4O2S2/c1-10-14(6-7-15(22-10)12-4-3-5-13(20)8-12)17(26)24-19-23-11(2)18(28-19)27-9-16(21)25/h3-8H,9H2,1-2H3,(H2,21,25)(H,23,24,26). The number of carbonyl (C=O) groups is 2. The number of halogens is 1. The minimum atomic E-state index is -0.393. The van der Waals surface area contributed by atoms with Gasteiger partial charge in [0, 0.05) is 10.0 Å². The molecule has 3 N–H and O–H groups in total. The van der Waals surface area contributed by atoms with Crippen molar-refractivity contribution >= 4 is 56.0 Å². The van der Waals surface area contributed by atoms with Crippen LogP contribution < -0.4 is 11.1 Å². The van der Waals surface area contributed by atoms with Crippen LogP contribution in [0.15, 0.2) is 45.1 Å². The molecule has 0 aliphatic rings. The lowest BCUT2D eigenvalue weighted by Crippen LogP contribution is -2.14. The highest BCUT2D eigenvalue weighted by Gasteiger charge is 2.15. The maximum absolute atomic E-state index is 12.7. The van der Waals surface area contributed by atoms with Crippen LogP contribution in [0.3, 0.4) is 0 Å². The maximum atomic E-state index is 12.7. The second-order valence-corrected chi connectivity index (χ2v) is 9.10. The van der Waals surface area contributed by atoms with E-state index in [-0.39, 0.29) is 11.7 Å². The van der Waals surface area contributed by atoms with Crippen LogP contribution in [-0.4, -0.2) is 27.5 Å². The number of pyridine rings is 1. The number of nitrogens with zero attached hydrogens (tertiary/aromatic N) is 2. The molecule has 3 rings (SSSR count). The third-order valence-electron chi connectivity index (χ3n) is 3.77. The van der Waals surface area contributed by atoms with Crippen LogP contribution in [0, 0.1) is 13.8 Å². The number of carbonyl (C=O) groups excluding carboxylic acids is 2. The van der Waals surface area contributed by atoms with Crippen molar-refractivity contribution in [1.29, 1.82) is 0 Å². The second-order valence-electron chi connectivity index (χ2n) is 5.94. The van der Waals surface area contributed by atoms with Gasteiger partial charge in [-0.05, 0) is 38.1 Å². The lowest BCUT2D eigenvalue weighted by molar-refractivity contribution is -0.115. The molecule has 0 bridgehead atoms. The first-order valence-corrected chi connectivity index (χ1v) is 10.9. The molecule has 2 heterocycles. The van der Waals surface area contributed by atoms with Crippen molar-refractivity contribution < 1.29 is 9.59 Å². The molecule has 2 amide bonds. The fraction of sp³-hybridized carbons (Fsp3) is 0.158. The van der Waals surface area contributed by atoms with Crippen LogP contribution in [0.25, 0.3) is 11.3 Å². The summed E-state index contributed by atoms with van der Waals surface area (Å²) in [6.07, 6.45) is 0. The monoisotopic (exact) mass is 476 g/mol. The molecular formula is C19H17BrN4O2S2. The summed E-state index contributed by atoms with van der Waals surface area (Å²) in [4.78, 5) is 32.5. The smallest absolute Gasteiger partial charge is 0.259 e. The minimum Gasteiger partial charge on any atom is -0.369 e. The van der Waals surface area contributed by atoms with E-state index in [9.17, 15) is 9.59 Å². The third-order valence-corrected chi connectivity index (χ3v) is 6.72. The molecule has 2 aromatic heterocycles. The number of thiazole rings is 1. The lowest BCUT2D eigenvalue weighted by atomic mass is 10.1. The van der Waals surface area contributed by atoms with Gasteiger partial charge in [0.2, 0.25) is 5.91 Å². The Balaban J connectivity index is 1.76. The molecule has 6 nitrogen and oxygen atoms in total. The highest BCUT2D eigenvalue weighted by Crippen LogP contribution is 2.32. The van der Waals surface area contributed by atoms with Crippen molar-refractivity contribution in [2.45, 2.75) is 18.1 Å². The quantitative estimate of drug-likeness (QED) is 0.513. The van der Waals surface area contributed by atoms with Crippen molar-refractivity contribution in [2.75, 3.05) is 11.1 Å². The highest BCUT2D eigenvalue weighted by molar-refractivity contribution is 9.10. The molecule has 144 valence electrons. The molecule has 1 aromatic carbocycles. The van der Waals surface area contributed by atoms with E-state index in [0.29, 0.717) is 16.4 Å². The summed E-state index contributed by atoms with van der Waals surface area (Å²) in [5.74, 6) is -0.488. The normalized spacial score (nSPS) is 10.7. The number of thioether (sulfide) groups is 1. The first kappa shape index (κ1) is 20.5. The van der Waals surface area contributed by atoms with Gasteiger partial charge in [-0.3, -0.25) is 19.9 Å². The molecule has 0 fully saturated rings. The Hall–Kier alpha value is -2.23. The van der Waals surface area contributed by atoms with E-state index in [4.69, 9.17) is 5.73 Å². The Kier molecular flexibility index (Phi) is 6.48. The van der Waals surface area contributed by atoms with Crippen LogP contribution in [0.5, 0.6) is 0 Å². The summed E-state index contributed by atoms with van der Waals surface area (Å²) in [5.41, 5.74) is 8.81. The average Bonchev–Trinajstić information content (AvgIpc) is 2.98.